The lowest BCUT2D eigenvalue weighted by Crippen LogP contribution is -2.40. The minimum atomic E-state index is -0.181. The molecular formula is C15H23FN2. The third-order valence-corrected chi connectivity index (χ3v) is 4.02. The van der Waals surface area contributed by atoms with Gasteiger partial charge in [0.1, 0.15) is 5.82 Å². The minimum absolute atomic E-state index is 0.181. The number of benzene rings is 1. The van der Waals surface area contributed by atoms with Crippen LogP contribution in [0.15, 0.2) is 24.3 Å². The molecule has 18 heavy (non-hydrogen) atoms. The Morgan fingerprint density at radius 2 is 1.94 bits per heavy atom. The summed E-state index contributed by atoms with van der Waals surface area (Å²) in [6.45, 7) is 9.08. The Bertz CT molecular complexity index is 363. The van der Waals surface area contributed by atoms with E-state index in [2.05, 4.69) is 24.1 Å². The van der Waals surface area contributed by atoms with E-state index in [4.69, 9.17) is 0 Å². The third kappa shape index (κ3) is 3.70. The summed E-state index contributed by atoms with van der Waals surface area (Å²) in [5, 5.41) is 3.34. The molecule has 0 spiro atoms. The van der Waals surface area contributed by atoms with Gasteiger partial charge in [0.15, 0.2) is 0 Å². The predicted molar refractivity (Wildman–Crippen MR) is 74.3 cm³/mol. The number of piperidine rings is 1. The molecular weight excluding hydrogens is 227 g/mol. The van der Waals surface area contributed by atoms with Crippen molar-refractivity contribution in [3.8, 4) is 0 Å². The van der Waals surface area contributed by atoms with E-state index in [-0.39, 0.29) is 5.82 Å². The summed E-state index contributed by atoms with van der Waals surface area (Å²) in [4.78, 5) is 2.52. The zero-order valence-corrected chi connectivity index (χ0v) is 11.3. The summed E-state index contributed by atoms with van der Waals surface area (Å²) < 4.78 is 12.7. The average Bonchev–Trinajstić information content (AvgIpc) is 2.36. The van der Waals surface area contributed by atoms with Crippen molar-refractivity contribution in [2.45, 2.75) is 20.3 Å². The maximum absolute atomic E-state index is 12.7. The molecule has 1 fully saturated rings. The van der Waals surface area contributed by atoms with Gasteiger partial charge < -0.3 is 10.2 Å². The molecule has 1 N–H and O–H groups in total. The van der Waals surface area contributed by atoms with E-state index < -0.39 is 0 Å². The fraction of sp³-hybridized carbons (Fsp3) is 0.600. The number of likely N-dealkylation sites (tertiary alicyclic amines) is 1. The predicted octanol–water partition coefficient (Wildman–Crippen LogP) is 3.22. The number of halogens is 1. The van der Waals surface area contributed by atoms with Gasteiger partial charge in [-0.3, -0.25) is 0 Å². The van der Waals surface area contributed by atoms with Crippen molar-refractivity contribution in [3.05, 3.63) is 30.1 Å². The summed E-state index contributed by atoms with van der Waals surface area (Å²) >= 11 is 0. The van der Waals surface area contributed by atoms with Crippen molar-refractivity contribution in [2.75, 3.05) is 31.5 Å². The highest BCUT2D eigenvalue weighted by Gasteiger charge is 2.21. The van der Waals surface area contributed by atoms with Crippen LogP contribution in [0.1, 0.15) is 20.3 Å². The largest absolute Gasteiger partial charge is 0.384 e. The second kappa shape index (κ2) is 6.19. The molecule has 1 aromatic carbocycles. The molecule has 0 aliphatic carbocycles. The average molecular weight is 250 g/mol. The summed E-state index contributed by atoms with van der Waals surface area (Å²) in [5.41, 5.74) is 0.995. The van der Waals surface area contributed by atoms with Crippen LogP contribution < -0.4 is 5.32 Å². The quantitative estimate of drug-likeness (QED) is 0.882. The Hall–Kier alpha value is -1.09. The molecule has 1 aromatic rings. The first kappa shape index (κ1) is 13.3. The van der Waals surface area contributed by atoms with Gasteiger partial charge in [-0.05, 0) is 49.1 Å². The second-order valence-corrected chi connectivity index (χ2v) is 5.48. The van der Waals surface area contributed by atoms with E-state index in [0.717, 1.165) is 30.6 Å². The van der Waals surface area contributed by atoms with Gasteiger partial charge in [0, 0.05) is 25.3 Å². The van der Waals surface area contributed by atoms with Gasteiger partial charge in [-0.15, -0.1) is 0 Å². The standard InChI is InChI=1S/C15H23FN2/c1-12-7-9-18(11-13(12)2)10-8-17-15-5-3-14(16)4-6-15/h3-6,12-13,17H,7-11H2,1-2H3. The maximum atomic E-state index is 12.7. The molecule has 0 amide bonds. The van der Waals surface area contributed by atoms with Crippen LogP contribution >= 0.6 is 0 Å². The van der Waals surface area contributed by atoms with Crippen molar-refractivity contribution in [3.63, 3.8) is 0 Å². The first-order valence-electron chi connectivity index (χ1n) is 6.87. The Labute approximate surface area is 109 Å². The number of hydrogen-bond acceptors (Lipinski definition) is 2. The molecule has 1 heterocycles. The number of nitrogens with zero attached hydrogens (tertiary/aromatic N) is 1. The number of anilines is 1. The van der Waals surface area contributed by atoms with Gasteiger partial charge in [0.05, 0.1) is 0 Å². The van der Waals surface area contributed by atoms with Gasteiger partial charge in [-0.2, -0.15) is 0 Å². The van der Waals surface area contributed by atoms with Crippen molar-refractivity contribution in [1.29, 1.82) is 0 Å². The molecule has 0 aromatic heterocycles. The second-order valence-electron chi connectivity index (χ2n) is 5.48. The molecule has 3 heteroatoms. The Morgan fingerprint density at radius 1 is 1.22 bits per heavy atom. The molecule has 2 unspecified atom stereocenters. The Balaban J connectivity index is 1.71. The molecule has 2 nitrogen and oxygen atoms in total. The number of hydrogen-bond donors (Lipinski definition) is 1. The van der Waals surface area contributed by atoms with Crippen LogP contribution in [0.4, 0.5) is 10.1 Å². The van der Waals surface area contributed by atoms with Crippen LogP contribution in [0.2, 0.25) is 0 Å². The van der Waals surface area contributed by atoms with E-state index in [1.807, 2.05) is 0 Å². The fourth-order valence-electron chi connectivity index (χ4n) is 2.48. The number of nitrogens with one attached hydrogen (secondary N) is 1. The highest BCUT2D eigenvalue weighted by atomic mass is 19.1. The molecule has 0 bridgehead atoms. The van der Waals surface area contributed by atoms with Crippen molar-refractivity contribution in [1.82, 2.24) is 4.90 Å². The van der Waals surface area contributed by atoms with Gasteiger partial charge in [0.25, 0.3) is 0 Å². The van der Waals surface area contributed by atoms with Crippen LogP contribution in [-0.2, 0) is 0 Å². The lowest BCUT2D eigenvalue weighted by Gasteiger charge is -2.35. The molecule has 0 radical (unpaired) electrons. The zero-order valence-electron chi connectivity index (χ0n) is 11.3. The van der Waals surface area contributed by atoms with Gasteiger partial charge >= 0.3 is 0 Å². The highest BCUT2D eigenvalue weighted by molar-refractivity contribution is 5.42. The van der Waals surface area contributed by atoms with Crippen LogP contribution in [0.25, 0.3) is 0 Å². The smallest absolute Gasteiger partial charge is 0.123 e. The van der Waals surface area contributed by atoms with Crippen molar-refractivity contribution in [2.24, 2.45) is 11.8 Å². The molecule has 1 saturated heterocycles. The normalized spacial score (nSPS) is 25.1. The molecule has 0 saturated carbocycles. The first-order chi connectivity index (χ1) is 8.65. The topological polar surface area (TPSA) is 15.3 Å². The summed E-state index contributed by atoms with van der Waals surface area (Å²) in [5.74, 6) is 1.47. The molecule has 1 aliphatic heterocycles. The van der Waals surface area contributed by atoms with E-state index in [9.17, 15) is 4.39 Å². The zero-order chi connectivity index (χ0) is 13.0. The maximum Gasteiger partial charge on any atom is 0.123 e. The minimum Gasteiger partial charge on any atom is -0.384 e. The third-order valence-electron chi connectivity index (χ3n) is 4.02. The van der Waals surface area contributed by atoms with E-state index in [1.165, 1.54) is 31.6 Å². The van der Waals surface area contributed by atoms with E-state index >= 15 is 0 Å². The van der Waals surface area contributed by atoms with Gasteiger partial charge in [-0.25, -0.2) is 4.39 Å². The fourth-order valence-corrected chi connectivity index (χ4v) is 2.48. The number of rotatable bonds is 4. The van der Waals surface area contributed by atoms with E-state index in [1.54, 1.807) is 12.1 Å². The van der Waals surface area contributed by atoms with Gasteiger partial charge in [0.2, 0.25) is 0 Å². The molecule has 100 valence electrons. The monoisotopic (exact) mass is 250 g/mol. The Morgan fingerprint density at radius 3 is 2.61 bits per heavy atom. The van der Waals surface area contributed by atoms with Gasteiger partial charge in [-0.1, -0.05) is 13.8 Å². The summed E-state index contributed by atoms with van der Waals surface area (Å²) in [6.07, 6.45) is 1.30. The summed E-state index contributed by atoms with van der Waals surface area (Å²) in [7, 11) is 0. The Kier molecular flexibility index (Phi) is 4.59. The molecule has 1 aliphatic rings. The summed E-state index contributed by atoms with van der Waals surface area (Å²) in [6, 6.07) is 6.56. The lowest BCUT2D eigenvalue weighted by molar-refractivity contribution is 0.143. The SMILES string of the molecule is CC1CCN(CCNc2ccc(F)cc2)CC1C. The highest BCUT2D eigenvalue weighted by Crippen LogP contribution is 2.21. The van der Waals surface area contributed by atoms with Crippen molar-refractivity contribution >= 4 is 5.69 Å². The lowest BCUT2D eigenvalue weighted by atomic mass is 9.89. The first-order valence-corrected chi connectivity index (χ1v) is 6.87. The van der Waals surface area contributed by atoms with E-state index in [0.29, 0.717) is 0 Å². The molecule has 2 rings (SSSR count). The van der Waals surface area contributed by atoms with Crippen LogP contribution in [0.3, 0.4) is 0 Å². The van der Waals surface area contributed by atoms with Crippen LogP contribution in [-0.4, -0.2) is 31.1 Å². The molecule has 2 atom stereocenters. The van der Waals surface area contributed by atoms with Crippen LogP contribution in [0.5, 0.6) is 0 Å². The van der Waals surface area contributed by atoms with Crippen LogP contribution in [0, 0.1) is 17.7 Å². The van der Waals surface area contributed by atoms with Crippen molar-refractivity contribution < 1.29 is 4.39 Å².